The standard InChI is InChI=1S/C35H39F3N4O3/c1-22(2)28-21-41(3)33-27(28)17-25(18-30(33)42-14-8-13-32(42)44)34(45)40-29(16-23-9-5-4-6-10-23)31(43)20-39-19-24-11-7-12-26(15-24)35(36,37)38/h4-7,9-12,15,17-18,21-22,29,31,39,43H,8,13-14,16,19-20H2,1-3H3,(H,40,45)/t29-,31-/m0/s1. The SMILES string of the molecule is CC(C)c1cn(C)c2c(N3CCCC3=O)cc(C(=O)N[C@@H](Cc3ccccc3)[C@@H](O)CNCc3cccc(C(F)(F)F)c3)cc12. The highest BCUT2D eigenvalue weighted by molar-refractivity contribution is 6.09. The van der Waals surface area contributed by atoms with Gasteiger partial charge >= 0.3 is 6.18 Å². The van der Waals surface area contributed by atoms with Crippen molar-refractivity contribution in [1.82, 2.24) is 15.2 Å². The van der Waals surface area contributed by atoms with Gasteiger partial charge in [0.1, 0.15) is 0 Å². The van der Waals surface area contributed by atoms with E-state index in [2.05, 4.69) is 24.5 Å². The van der Waals surface area contributed by atoms with Crippen LogP contribution >= 0.6 is 0 Å². The molecule has 3 aromatic carbocycles. The van der Waals surface area contributed by atoms with Crippen LogP contribution in [0.15, 0.2) is 72.9 Å². The number of nitrogens with zero attached hydrogens (tertiary/aromatic N) is 2. The minimum Gasteiger partial charge on any atom is -0.390 e. The number of aliphatic hydroxyl groups is 1. The zero-order valence-corrected chi connectivity index (χ0v) is 25.7. The number of aliphatic hydroxyl groups excluding tert-OH is 1. The van der Waals surface area contributed by atoms with Gasteiger partial charge in [-0.25, -0.2) is 0 Å². The van der Waals surface area contributed by atoms with Crippen molar-refractivity contribution in [2.24, 2.45) is 7.05 Å². The molecule has 7 nitrogen and oxygen atoms in total. The van der Waals surface area contributed by atoms with Crippen molar-refractivity contribution in [3.63, 3.8) is 0 Å². The Hall–Kier alpha value is -4.15. The van der Waals surface area contributed by atoms with Gasteiger partial charge in [0.15, 0.2) is 0 Å². The summed E-state index contributed by atoms with van der Waals surface area (Å²) in [6.07, 6.45) is -1.91. The lowest BCUT2D eigenvalue weighted by atomic mass is 9.98. The first-order valence-corrected chi connectivity index (χ1v) is 15.3. The Morgan fingerprint density at radius 1 is 1.02 bits per heavy atom. The van der Waals surface area contributed by atoms with Gasteiger partial charge in [0.05, 0.1) is 28.9 Å². The van der Waals surface area contributed by atoms with E-state index in [-0.39, 0.29) is 30.8 Å². The Morgan fingerprint density at radius 2 is 1.76 bits per heavy atom. The van der Waals surface area contributed by atoms with Crippen LogP contribution in [0.1, 0.15) is 65.2 Å². The Balaban J connectivity index is 1.40. The third-order valence-electron chi connectivity index (χ3n) is 8.35. The zero-order chi connectivity index (χ0) is 32.3. The Labute approximate surface area is 261 Å². The van der Waals surface area contributed by atoms with Gasteiger partial charge < -0.3 is 25.2 Å². The summed E-state index contributed by atoms with van der Waals surface area (Å²) in [7, 11) is 1.94. The number of alkyl halides is 3. The van der Waals surface area contributed by atoms with Gasteiger partial charge in [0, 0.05) is 50.2 Å². The van der Waals surface area contributed by atoms with Gasteiger partial charge in [-0.15, -0.1) is 0 Å². The van der Waals surface area contributed by atoms with E-state index in [1.165, 1.54) is 6.07 Å². The largest absolute Gasteiger partial charge is 0.416 e. The highest BCUT2D eigenvalue weighted by Gasteiger charge is 2.31. The first-order chi connectivity index (χ1) is 21.4. The highest BCUT2D eigenvalue weighted by Crippen LogP contribution is 2.37. The van der Waals surface area contributed by atoms with E-state index in [4.69, 9.17) is 0 Å². The lowest BCUT2D eigenvalue weighted by molar-refractivity contribution is -0.137. The predicted octanol–water partition coefficient (Wildman–Crippen LogP) is 5.94. The molecule has 1 fully saturated rings. The van der Waals surface area contributed by atoms with E-state index >= 15 is 0 Å². The van der Waals surface area contributed by atoms with E-state index in [1.807, 2.05) is 54.2 Å². The van der Waals surface area contributed by atoms with Crippen molar-refractivity contribution < 1.29 is 27.9 Å². The summed E-state index contributed by atoms with van der Waals surface area (Å²) in [6.45, 7) is 4.90. The van der Waals surface area contributed by atoms with Crippen molar-refractivity contribution in [3.8, 4) is 0 Å². The number of rotatable bonds is 11. The molecule has 4 aromatic rings. The molecular formula is C35H39F3N4O3. The second kappa shape index (κ2) is 13.5. The smallest absolute Gasteiger partial charge is 0.390 e. The molecular weight excluding hydrogens is 581 g/mol. The Morgan fingerprint density at radius 3 is 2.42 bits per heavy atom. The second-order valence-electron chi connectivity index (χ2n) is 12.1. The molecule has 2 amide bonds. The van der Waals surface area contributed by atoms with Crippen LogP contribution in [0.2, 0.25) is 0 Å². The van der Waals surface area contributed by atoms with Crippen LogP contribution in [0.25, 0.3) is 10.9 Å². The van der Waals surface area contributed by atoms with Crippen LogP contribution in [-0.2, 0) is 31.0 Å². The van der Waals surface area contributed by atoms with Crippen molar-refractivity contribution >= 4 is 28.4 Å². The molecule has 1 aliphatic rings. The van der Waals surface area contributed by atoms with E-state index in [0.29, 0.717) is 36.2 Å². The first-order valence-electron chi connectivity index (χ1n) is 15.3. The number of aromatic nitrogens is 1. The fraction of sp³-hybridized carbons (Fsp3) is 0.371. The Bertz CT molecular complexity index is 1670. The molecule has 0 spiro atoms. The van der Waals surface area contributed by atoms with Crippen molar-refractivity contribution in [2.45, 2.75) is 63.9 Å². The number of nitrogens with one attached hydrogen (secondary N) is 2. The number of carbonyl (C=O) groups is 2. The monoisotopic (exact) mass is 620 g/mol. The van der Waals surface area contributed by atoms with Crippen molar-refractivity contribution in [3.05, 3.63) is 101 Å². The summed E-state index contributed by atoms with van der Waals surface area (Å²) in [4.78, 5) is 28.5. The molecule has 5 rings (SSSR count). The van der Waals surface area contributed by atoms with Gasteiger partial charge in [-0.05, 0) is 53.6 Å². The number of fused-ring (bicyclic) bond motifs is 1. The quantitative estimate of drug-likeness (QED) is 0.194. The van der Waals surface area contributed by atoms with Gasteiger partial charge in [-0.3, -0.25) is 9.59 Å². The molecule has 2 heterocycles. The van der Waals surface area contributed by atoms with Gasteiger partial charge in [0.2, 0.25) is 5.91 Å². The fourth-order valence-electron chi connectivity index (χ4n) is 6.02. The average Bonchev–Trinajstić information content (AvgIpc) is 3.59. The number of carbonyl (C=O) groups excluding carboxylic acids is 2. The molecule has 0 radical (unpaired) electrons. The maximum absolute atomic E-state index is 13.9. The molecule has 2 atom stereocenters. The summed E-state index contributed by atoms with van der Waals surface area (Å²) >= 11 is 0. The Kier molecular flexibility index (Phi) is 9.65. The number of hydrogen-bond acceptors (Lipinski definition) is 4. The van der Waals surface area contributed by atoms with Gasteiger partial charge in [-0.2, -0.15) is 13.2 Å². The molecule has 0 unspecified atom stereocenters. The third-order valence-corrected chi connectivity index (χ3v) is 8.35. The van der Waals surface area contributed by atoms with Crippen LogP contribution in [0.3, 0.4) is 0 Å². The summed E-state index contributed by atoms with van der Waals surface area (Å²) in [5.41, 5.74) is 3.64. The zero-order valence-electron chi connectivity index (χ0n) is 25.7. The van der Waals surface area contributed by atoms with Crippen LogP contribution < -0.4 is 15.5 Å². The second-order valence-corrected chi connectivity index (χ2v) is 12.1. The minimum absolute atomic E-state index is 0.0189. The molecule has 3 N–H and O–H groups in total. The number of amides is 2. The molecule has 45 heavy (non-hydrogen) atoms. The van der Waals surface area contributed by atoms with E-state index < -0.39 is 23.9 Å². The lowest BCUT2D eigenvalue weighted by Crippen LogP contribution is -2.48. The average molecular weight is 621 g/mol. The van der Waals surface area contributed by atoms with Crippen molar-refractivity contribution in [2.75, 3.05) is 18.0 Å². The maximum Gasteiger partial charge on any atom is 0.416 e. The molecule has 1 aromatic heterocycles. The highest BCUT2D eigenvalue weighted by atomic mass is 19.4. The van der Waals surface area contributed by atoms with E-state index in [9.17, 15) is 27.9 Å². The van der Waals surface area contributed by atoms with Crippen LogP contribution in [0.4, 0.5) is 18.9 Å². The molecule has 0 saturated carbocycles. The first kappa shape index (κ1) is 32.2. The lowest BCUT2D eigenvalue weighted by Gasteiger charge is -2.26. The van der Waals surface area contributed by atoms with Gasteiger partial charge in [0.25, 0.3) is 5.91 Å². The number of benzene rings is 3. The summed E-state index contributed by atoms with van der Waals surface area (Å²) in [6, 6.07) is 17.4. The number of hydrogen-bond donors (Lipinski definition) is 3. The summed E-state index contributed by atoms with van der Waals surface area (Å²) in [5.74, 6) is -0.184. The third kappa shape index (κ3) is 7.40. The molecule has 1 saturated heterocycles. The fourth-order valence-corrected chi connectivity index (χ4v) is 6.02. The molecule has 0 bridgehead atoms. The van der Waals surface area contributed by atoms with Crippen molar-refractivity contribution in [1.29, 1.82) is 0 Å². The minimum atomic E-state index is -4.44. The predicted molar refractivity (Wildman–Crippen MR) is 169 cm³/mol. The van der Waals surface area contributed by atoms with E-state index in [1.54, 1.807) is 17.0 Å². The molecule has 1 aliphatic heterocycles. The number of anilines is 1. The number of halogens is 3. The topological polar surface area (TPSA) is 86.6 Å². The molecule has 0 aliphatic carbocycles. The number of aryl methyl sites for hydroxylation is 1. The summed E-state index contributed by atoms with van der Waals surface area (Å²) in [5, 5.41) is 18.2. The molecule has 238 valence electrons. The van der Waals surface area contributed by atoms with Crippen LogP contribution in [0, 0.1) is 0 Å². The maximum atomic E-state index is 13.9. The van der Waals surface area contributed by atoms with Gasteiger partial charge in [-0.1, -0.05) is 62.4 Å². The van der Waals surface area contributed by atoms with Crippen LogP contribution in [0.5, 0.6) is 0 Å². The van der Waals surface area contributed by atoms with E-state index in [0.717, 1.165) is 40.6 Å². The normalized spacial score (nSPS) is 15.2. The summed E-state index contributed by atoms with van der Waals surface area (Å²) < 4.78 is 41.5. The van der Waals surface area contributed by atoms with Crippen LogP contribution in [-0.4, -0.2) is 46.7 Å². The molecule has 10 heteroatoms.